The Hall–Kier alpha value is -1.23. The first kappa shape index (κ1) is 13.7. The Balaban J connectivity index is 1.57. The molecule has 0 spiro atoms. The maximum Gasteiger partial charge on any atom is 0.317 e. The minimum absolute atomic E-state index is 0.110. The Morgan fingerprint density at radius 2 is 1.95 bits per heavy atom. The van der Waals surface area contributed by atoms with Crippen LogP contribution in [0.15, 0.2) is 22.7 Å². The molecule has 0 radical (unpaired) electrons. The molecule has 5 heteroatoms. The lowest BCUT2D eigenvalue weighted by Gasteiger charge is -2.36. The highest BCUT2D eigenvalue weighted by Crippen LogP contribution is 2.24. The van der Waals surface area contributed by atoms with Crippen molar-refractivity contribution in [2.45, 2.75) is 25.8 Å². The number of amides is 2. The molecule has 2 fully saturated rings. The molecule has 1 saturated heterocycles. The van der Waals surface area contributed by atoms with E-state index < -0.39 is 0 Å². The largest absolute Gasteiger partial charge is 0.368 e. The smallest absolute Gasteiger partial charge is 0.317 e. The Morgan fingerprint density at radius 3 is 2.55 bits per heavy atom. The van der Waals surface area contributed by atoms with E-state index in [2.05, 4.69) is 51.3 Å². The summed E-state index contributed by atoms with van der Waals surface area (Å²) >= 11 is 3.53. The first-order valence-electron chi connectivity index (χ1n) is 7.20. The van der Waals surface area contributed by atoms with Gasteiger partial charge >= 0.3 is 6.03 Å². The van der Waals surface area contributed by atoms with Crippen molar-refractivity contribution in [3.63, 3.8) is 0 Å². The number of nitrogens with zero attached hydrogens (tertiary/aromatic N) is 2. The van der Waals surface area contributed by atoms with Gasteiger partial charge in [-0.1, -0.05) is 15.9 Å². The number of urea groups is 1. The van der Waals surface area contributed by atoms with Crippen molar-refractivity contribution in [1.82, 2.24) is 10.2 Å². The third-order valence-electron chi connectivity index (χ3n) is 3.98. The van der Waals surface area contributed by atoms with Crippen molar-refractivity contribution < 1.29 is 4.79 Å². The molecule has 1 aliphatic heterocycles. The number of carbonyl (C=O) groups is 1. The molecule has 0 bridgehead atoms. The summed E-state index contributed by atoms with van der Waals surface area (Å²) in [4.78, 5) is 16.3. The van der Waals surface area contributed by atoms with Crippen LogP contribution in [0, 0.1) is 6.92 Å². The lowest BCUT2D eigenvalue weighted by Crippen LogP contribution is -2.52. The van der Waals surface area contributed by atoms with Gasteiger partial charge in [-0.3, -0.25) is 0 Å². The second-order valence-electron chi connectivity index (χ2n) is 5.63. The minimum atomic E-state index is 0.110. The zero-order valence-electron chi connectivity index (χ0n) is 11.7. The van der Waals surface area contributed by atoms with E-state index in [9.17, 15) is 4.79 Å². The van der Waals surface area contributed by atoms with Crippen LogP contribution >= 0.6 is 15.9 Å². The standard InChI is InChI=1S/C15H20BrN3O/c1-11-10-13(4-5-14(11)16)18-6-8-19(9-7-18)15(20)17-12-2-3-12/h4-5,10,12H,2-3,6-9H2,1H3,(H,17,20). The molecular weight excluding hydrogens is 318 g/mol. The van der Waals surface area contributed by atoms with Gasteiger partial charge < -0.3 is 15.1 Å². The van der Waals surface area contributed by atoms with E-state index in [0.29, 0.717) is 6.04 Å². The van der Waals surface area contributed by atoms with Crippen molar-refractivity contribution in [2.75, 3.05) is 31.1 Å². The first-order chi connectivity index (χ1) is 9.63. The zero-order valence-corrected chi connectivity index (χ0v) is 13.3. The molecule has 1 heterocycles. The van der Waals surface area contributed by atoms with Crippen molar-refractivity contribution >= 4 is 27.6 Å². The third-order valence-corrected chi connectivity index (χ3v) is 4.87. The number of hydrogen-bond donors (Lipinski definition) is 1. The van der Waals surface area contributed by atoms with Crippen LogP contribution in [0.4, 0.5) is 10.5 Å². The number of aryl methyl sites for hydroxylation is 1. The Bertz CT molecular complexity index is 508. The fourth-order valence-corrected chi connectivity index (χ4v) is 2.73. The molecule has 1 saturated carbocycles. The number of benzene rings is 1. The molecule has 1 aliphatic carbocycles. The first-order valence-corrected chi connectivity index (χ1v) is 7.99. The van der Waals surface area contributed by atoms with Crippen LogP contribution in [0.2, 0.25) is 0 Å². The van der Waals surface area contributed by atoms with Crippen LogP contribution in [-0.4, -0.2) is 43.2 Å². The number of anilines is 1. The van der Waals surface area contributed by atoms with Gasteiger partial charge in [0.05, 0.1) is 0 Å². The molecular formula is C15H20BrN3O. The predicted octanol–water partition coefficient (Wildman–Crippen LogP) is 2.75. The minimum Gasteiger partial charge on any atom is -0.368 e. The highest BCUT2D eigenvalue weighted by molar-refractivity contribution is 9.10. The molecule has 2 aliphatic rings. The quantitative estimate of drug-likeness (QED) is 0.900. The van der Waals surface area contributed by atoms with Crippen molar-refractivity contribution in [3.8, 4) is 0 Å². The van der Waals surface area contributed by atoms with Crippen LogP contribution in [-0.2, 0) is 0 Å². The molecule has 2 amide bonds. The monoisotopic (exact) mass is 337 g/mol. The summed E-state index contributed by atoms with van der Waals surface area (Å²) in [7, 11) is 0. The molecule has 1 N–H and O–H groups in total. The van der Waals surface area contributed by atoms with Crippen LogP contribution in [0.1, 0.15) is 18.4 Å². The van der Waals surface area contributed by atoms with Gasteiger partial charge in [-0.2, -0.15) is 0 Å². The molecule has 4 nitrogen and oxygen atoms in total. The van der Waals surface area contributed by atoms with Gasteiger partial charge in [-0.05, 0) is 43.5 Å². The lowest BCUT2D eigenvalue weighted by molar-refractivity contribution is 0.194. The Morgan fingerprint density at radius 1 is 1.25 bits per heavy atom. The summed E-state index contributed by atoms with van der Waals surface area (Å²) in [5, 5.41) is 3.06. The summed E-state index contributed by atoms with van der Waals surface area (Å²) in [6.07, 6.45) is 2.29. The van der Waals surface area contributed by atoms with E-state index in [0.717, 1.165) is 43.5 Å². The SMILES string of the molecule is Cc1cc(N2CCN(C(=O)NC3CC3)CC2)ccc1Br. The van der Waals surface area contributed by atoms with E-state index in [1.807, 2.05) is 4.90 Å². The van der Waals surface area contributed by atoms with Gasteiger partial charge in [-0.15, -0.1) is 0 Å². The Kier molecular flexibility index (Phi) is 3.87. The summed E-state index contributed by atoms with van der Waals surface area (Å²) in [6.45, 7) is 5.51. The third kappa shape index (κ3) is 3.08. The van der Waals surface area contributed by atoms with E-state index in [1.165, 1.54) is 11.3 Å². The van der Waals surface area contributed by atoms with Crippen LogP contribution in [0.3, 0.4) is 0 Å². The molecule has 20 heavy (non-hydrogen) atoms. The predicted molar refractivity (Wildman–Crippen MR) is 84.2 cm³/mol. The topological polar surface area (TPSA) is 35.6 Å². The Labute approximate surface area is 128 Å². The molecule has 3 rings (SSSR count). The maximum atomic E-state index is 12.0. The van der Waals surface area contributed by atoms with Gasteiger partial charge in [-0.25, -0.2) is 4.79 Å². The van der Waals surface area contributed by atoms with E-state index in [1.54, 1.807) is 0 Å². The molecule has 1 aromatic rings. The van der Waals surface area contributed by atoms with Gasteiger partial charge in [0, 0.05) is 42.4 Å². The van der Waals surface area contributed by atoms with Gasteiger partial charge in [0.15, 0.2) is 0 Å². The number of hydrogen-bond acceptors (Lipinski definition) is 2. The van der Waals surface area contributed by atoms with Crippen molar-refractivity contribution in [3.05, 3.63) is 28.2 Å². The highest BCUT2D eigenvalue weighted by Gasteiger charge is 2.27. The fraction of sp³-hybridized carbons (Fsp3) is 0.533. The number of nitrogens with one attached hydrogen (secondary N) is 1. The van der Waals surface area contributed by atoms with Crippen LogP contribution in [0.25, 0.3) is 0 Å². The number of carbonyl (C=O) groups excluding carboxylic acids is 1. The molecule has 0 aromatic heterocycles. The van der Waals surface area contributed by atoms with Gasteiger partial charge in [0.2, 0.25) is 0 Å². The fourth-order valence-electron chi connectivity index (χ4n) is 2.49. The van der Waals surface area contributed by atoms with E-state index in [-0.39, 0.29) is 6.03 Å². The molecule has 0 atom stereocenters. The average Bonchev–Trinajstić information content (AvgIpc) is 3.26. The number of piperazine rings is 1. The molecule has 1 aromatic carbocycles. The summed E-state index contributed by atoms with van der Waals surface area (Å²) < 4.78 is 1.14. The molecule has 0 unspecified atom stereocenters. The van der Waals surface area contributed by atoms with E-state index >= 15 is 0 Å². The van der Waals surface area contributed by atoms with Crippen molar-refractivity contribution in [2.24, 2.45) is 0 Å². The van der Waals surface area contributed by atoms with Gasteiger partial charge in [0.25, 0.3) is 0 Å². The highest BCUT2D eigenvalue weighted by atomic mass is 79.9. The second-order valence-corrected chi connectivity index (χ2v) is 6.49. The summed E-state index contributed by atoms with van der Waals surface area (Å²) in [5.74, 6) is 0. The number of rotatable bonds is 2. The summed E-state index contributed by atoms with van der Waals surface area (Å²) in [5.41, 5.74) is 2.49. The second kappa shape index (κ2) is 5.64. The normalized spacial score (nSPS) is 19.1. The van der Waals surface area contributed by atoms with Crippen LogP contribution < -0.4 is 10.2 Å². The number of halogens is 1. The van der Waals surface area contributed by atoms with E-state index in [4.69, 9.17) is 0 Å². The zero-order chi connectivity index (χ0) is 14.1. The molecule has 108 valence electrons. The van der Waals surface area contributed by atoms with Crippen molar-refractivity contribution in [1.29, 1.82) is 0 Å². The average molecular weight is 338 g/mol. The van der Waals surface area contributed by atoms with Crippen LogP contribution in [0.5, 0.6) is 0 Å². The lowest BCUT2D eigenvalue weighted by atomic mass is 10.2. The maximum absolute atomic E-state index is 12.0. The summed E-state index contributed by atoms with van der Waals surface area (Å²) in [6, 6.07) is 6.98. The van der Waals surface area contributed by atoms with Gasteiger partial charge in [0.1, 0.15) is 0 Å².